The third-order valence-electron chi connectivity index (χ3n) is 3.54. The number of anilines is 1. The van der Waals surface area contributed by atoms with Crippen molar-refractivity contribution < 1.29 is 0 Å². The molecule has 0 saturated carbocycles. The molecule has 0 bridgehead atoms. The van der Waals surface area contributed by atoms with Gasteiger partial charge in [-0.1, -0.05) is 54.2 Å². The Bertz CT molecular complexity index is 1030. The molecule has 0 spiro atoms. The van der Waals surface area contributed by atoms with Crippen molar-refractivity contribution in [2.45, 2.75) is 5.16 Å². The summed E-state index contributed by atoms with van der Waals surface area (Å²) in [4.78, 5) is 8.97. The zero-order valence-corrected chi connectivity index (χ0v) is 13.7. The van der Waals surface area contributed by atoms with E-state index in [1.165, 1.54) is 11.8 Å². The SMILES string of the molecule is CSc1nc2nc(N/N=C/c3ccccc3)c3ccccc3n2n1. The molecule has 0 radical (unpaired) electrons. The number of thioether (sulfide) groups is 1. The summed E-state index contributed by atoms with van der Waals surface area (Å²) in [6.45, 7) is 0. The van der Waals surface area contributed by atoms with E-state index in [0.29, 0.717) is 16.8 Å². The van der Waals surface area contributed by atoms with Gasteiger partial charge in [0.05, 0.1) is 11.7 Å². The molecule has 0 aliphatic carbocycles. The molecule has 1 N–H and O–H groups in total. The second-order valence-electron chi connectivity index (χ2n) is 5.07. The Balaban J connectivity index is 1.77. The molecule has 2 aromatic heterocycles. The lowest BCUT2D eigenvalue weighted by atomic mass is 10.2. The number of benzene rings is 2. The molecule has 118 valence electrons. The minimum atomic E-state index is 0.551. The van der Waals surface area contributed by atoms with Crippen LogP contribution in [0.1, 0.15) is 5.56 Å². The molecule has 0 unspecified atom stereocenters. The molecule has 0 saturated heterocycles. The molecule has 6 nitrogen and oxygen atoms in total. The van der Waals surface area contributed by atoms with Crippen molar-refractivity contribution in [3.63, 3.8) is 0 Å². The Labute approximate surface area is 142 Å². The van der Waals surface area contributed by atoms with E-state index < -0.39 is 0 Å². The molecule has 2 aromatic carbocycles. The van der Waals surface area contributed by atoms with Crippen LogP contribution in [0.2, 0.25) is 0 Å². The molecule has 24 heavy (non-hydrogen) atoms. The van der Waals surface area contributed by atoms with Crippen LogP contribution in [0.15, 0.2) is 64.9 Å². The summed E-state index contributed by atoms with van der Waals surface area (Å²) in [5.74, 6) is 1.21. The van der Waals surface area contributed by atoms with Crippen LogP contribution in [0.4, 0.5) is 5.82 Å². The molecule has 0 aliphatic heterocycles. The lowest BCUT2D eigenvalue weighted by Gasteiger charge is -2.06. The summed E-state index contributed by atoms with van der Waals surface area (Å²) in [6.07, 6.45) is 3.71. The van der Waals surface area contributed by atoms with Gasteiger partial charge in [0, 0.05) is 5.39 Å². The summed E-state index contributed by atoms with van der Waals surface area (Å²) < 4.78 is 1.76. The minimum Gasteiger partial charge on any atom is -0.261 e. The van der Waals surface area contributed by atoms with Gasteiger partial charge in [0.25, 0.3) is 5.78 Å². The van der Waals surface area contributed by atoms with Crippen molar-refractivity contribution in [3.05, 3.63) is 60.2 Å². The fraction of sp³-hybridized carbons (Fsp3) is 0.0588. The molecule has 0 aliphatic rings. The Morgan fingerprint density at radius 1 is 1.04 bits per heavy atom. The zero-order valence-electron chi connectivity index (χ0n) is 12.9. The fourth-order valence-corrected chi connectivity index (χ4v) is 2.75. The Kier molecular flexibility index (Phi) is 3.84. The molecule has 0 atom stereocenters. The quantitative estimate of drug-likeness (QED) is 0.352. The summed E-state index contributed by atoms with van der Waals surface area (Å²) in [6, 6.07) is 17.8. The van der Waals surface area contributed by atoms with Crippen molar-refractivity contribution >= 4 is 40.5 Å². The van der Waals surface area contributed by atoms with E-state index in [9.17, 15) is 0 Å². The van der Waals surface area contributed by atoms with Crippen LogP contribution in [0.3, 0.4) is 0 Å². The second kappa shape index (κ2) is 6.29. The molecule has 7 heteroatoms. The highest BCUT2D eigenvalue weighted by Gasteiger charge is 2.11. The van der Waals surface area contributed by atoms with Gasteiger partial charge in [-0.15, -0.1) is 5.10 Å². The van der Waals surface area contributed by atoms with Crippen LogP contribution in [0.25, 0.3) is 16.7 Å². The Hall–Kier alpha value is -2.93. The van der Waals surface area contributed by atoms with Gasteiger partial charge in [0.2, 0.25) is 5.16 Å². The number of aromatic nitrogens is 4. The third-order valence-corrected chi connectivity index (χ3v) is 4.07. The number of fused-ring (bicyclic) bond motifs is 3. The van der Waals surface area contributed by atoms with Crippen molar-refractivity contribution in [3.8, 4) is 0 Å². The van der Waals surface area contributed by atoms with E-state index in [1.807, 2.05) is 60.9 Å². The average Bonchev–Trinajstić information content (AvgIpc) is 3.06. The Morgan fingerprint density at radius 2 is 1.83 bits per heavy atom. The third kappa shape index (κ3) is 2.69. The molecule has 0 fully saturated rings. The van der Waals surface area contributed by atoms with Crippen LogP contribution in [0.5, 0.6) is 0 Å². The van der Waals surface area contributed by atoms with E-state index >= 15 is 0 Å². The van der Waals surface area contributed by atoms with Crippen molar-refractivity contribution in [2.75, 3.05) is 11.7 Å². The van der Waals surface area contributed by atoms with E-state index in [4.69, 9.17) is 0 Å². The van der Waals surface area contributed by atoms with E-state index in [0.717, 1.165) is 16.5 Å². The molecular formula is C17H14N6S. The molecule has 2 heterocycles. The smallest absolute Gasteiger partial charge is 0.255 e. The lowest BCUT2D eigenvalue weighted by molar-refractivity contribution is 0.911. The number of rotatable bonds is 4. The highest BCUT2D eigenvalue weighted by atomic mass is 32.2. The monoisotopic (exact) mass is 334 g/mol. The van der Waals surface area contributed by atoms with Gasteiger partial charge in [-0.25, -0.2) is 0 Å². The summed E-state index contributed by atoms with van der Waals surface area (Å²) in [5.41, 5.74) is 4.98. The first-order valence-electron chi connectivity index (χ1n) is 7.39. The predicted octanol–water partition coefficient (Wildman–Crippen LogP) is 3.45. The van der Waals surface area contributed by atoms with Crippen molar-refractivity contribution in [1.29, 1.82) is 0 Å². The normalized spacial score (nSPS) is 11.5. The number of nitrogens with one attached hydrogen (secondary N) is 1. The number of hydrogen-bond donors (Lipinski definition) is 1. The van der Waals surface area contributed by atoms with Crippen LogP contribution in [-0.4, -0.2) is 32.1 Å². The van der Waals surface area contributed by atoms with Crippen molar-refractivity contribution in [1.82, 2.24) is 19.6 Å². The van der Waals surface area contributed by atoms with Gasteiger partial charge in [0.1, 0.15) is 0 Å². The molecule has 0 amide bonds. The first kappa shape index (κ1) is 14.6. The van der Waals surface area contributed by atoms with Crippen LogP contribution in [0, 0.1) is 0 Å². The highest BCUT2D eigenvalue weighted by molar-refractivity contribution is 7.98. The minimum absolute atomic E-state index is 0.551. The Morgan fingerprint density at radius 3 is 2.67 bits per heavy atom. The van der Waals surface area contributed by atoms with E-state index in [-0.39, 0.29) is 0 Å². The predicted molar refractivity (Wildman–Crippen MR) is 97.7 cm³/mol. The second-order valence-corrected chi connectivity index (χ2v) is 5.84. The summed E-state index contributed by atoms with van der Waals surface area (Å²) in [7, 11) is 0. The van der Waals surface area contributed by atoms with Crippen LogP contribution in [-0.2, 0) is 0 Å². The highest BCUT2D eigenvalue weighted by Crippen LogP contribution is 2.23. The van der Waals surface area contributed by atoms with Gasteiger partial charge in [-0.05, 0) is 24.0 Å². The van der Waals surface area contributed by atoms with Crippen LogP contribution < -0.4 is 5.43 Å². The summed E-state index contributed by atoms with van der Waals surface area (Å²) >= 11 is 1.49. The van der Waals surface area contributed by atoms with Gasteiger partial charge in [-0.2, -0.15) is 19.6 Å². The lowest BCUT2D eigenvalue weighted by Crippen LogP contribution is -2.00. The topological polar surface area (TPSA) is 67.5 Å². The van der Waals surface area contributed by atoms with E-state index in [2.05, 4.69) is 25.6 Å². The van der Waals surface area contributed by atoms with Gasteiger partial charge in [-0.3, -0.25) is 5.43 Å². The number of hydrogen-bond acceptors (Lipinski definition) is 6. The number of nitrogens with zero attached hydrogens (tertiary/aromatic N) is 5. The first-order valence-corrected chi connectivity index (χ1v) is 8.61. The molecule has 4 rings (SSSR count). The fourth-order valence-electron chi connectivity index (χ4n) is 2.42. The summed E-state index contributed by atoms with van der Waals surface area (Å²) in [5, 5.41) is 10.4. The van der Waals surface area contributed by atoms with Crippen LogP contribution >= 0.6 is 11.8 Å². The standard InChI is InChI=1S/C17H14N6S/c1-24-17-20-16-19-15(21-18-11-12-7-3-2-4-8-12)13-9-5-6-10-14(13)23(16)22-17/h2-11H,1H3,(H,19,20,21,22)/b18-11+. The average molecular weight is 334 g/mol. The van der Waals surface area contributed by atoms with Gasteiger partial charge < -0.3 is 0 Å². The number of hydrazone groups is 1. The first-order chi connectivity index (χ1) is 11.8. The maximum Gasteiger partial charge on any atom is 0.255 e. The van der Waals surface area contributed by atoms with Gasteiger partial charge >= 0.3 is 0 Å². The molecule has 4 aromatic rings. The van der Waals surface area contributed by atoms with E-state index in [1.54, 1.807) is 10.7 Å². The zero-order chi connectivity index (χ0) is 16.4. The van der Waals surface area contributed by atoms with Gasteiger partial charge in [0.15, 0.2) is 5.82 Å². The molecular weight excluding hydrogens is 320 g/mol. The van der Waals surface area contributed by atoms with Crippen molar-refractivity contribution in [2.24, 2.45) is 5.10 Å². The number of para-hydroxylation sites is 1. The maximum absolute atomic E-state index is 4.55. The largest absolute Gasteiger partial charge is 0.261 e. The maximum atomic E-state index is 4.55.